The van der Waals surface area contributed by atoms with E-state index in [2.05, 4.69) is 5.32 Å². The van der Waals surface area contributed by atoms with Crippen molar-refractivity contribution in [3.8, 4) is 0 Å². The molecule has 152 valence electrons. The second kappa shape index (κ2) is 8.06. The Morgan fingerprint density at radius 3 is 2.52 bits per heavy atom. The predicted molar refractivity (Wildman–Crippen MR) is 88.3 cm³/mol. The van der Waals surface area contributed by atoms with E-state index in [0.29, 0.717) is 25.3 Å². The monoisotopic (exact) mass is 390 g/mol. The third kappa shape index (κ3) is 5.35. The van der Waals surface area contributed by atoms with Crippen LogP contribution in [0.5, 0.6) is 0 Å². The molecular weight excluding hydrogens is 365 g/mol. The van der Waals surface area contributed by atoms with Crippen LogP contribution in [0, 0.1) is 17.8 Å². The summed E-state index contributed by atoms with van der Waals surface area (Å²) in [6, 6.07) is -0.980. The minimum absolute atomic E-state index is 0.00471. The summed E-state index contributed by atoms with van der Waals surface area (Å²) in [5, 5.41) is 2.36. The molecule has 0 aromatic rings. The zero-order chi connectivity index (χ0) is 19.6. The first-order valence-corrected chi connectivity index (χ1v) is 9.54. The van der Waals surface area contributed by atoms with Crippen molar-refractivity contribution in [2.45, 2.75) is 57.2 Å². The van der Waals surface area contributed by atoms with Crippen LogP contribution in [0.25, 0.3) is 0 Å². The summed E-state index contributed by atoms with van der Waals surface area (Å²) in [6.45, 7) is 0.325. The van der Waals surface area contributed by atoms with E-state index in [1.807, 2.05) is 0 Å². The molecule has 0 aromatic carbocycles. The molecule has 1 N–H and O–H groups in total. The van der Waals surface area contributed by atoms with Crippen molar-refractivity contribution in [2.75, 3.05) is 19.7 Å². The average Bonchev–Trinajstić information content (AvgIpc) is 3.34. The molecule has 0 radical (unpaired) electrons. The van der Waals surface area contributed by atoms with E-state index in [9.17, 15) is 27.6 Å². The number of esters is 1. The number of carbonyl (C=O) groups excluding carboxylic acids is 3. The second-order valence-corrected chi connectivity index (χ2v) is 7.86. The lowest BCUT2D eigenvalue weighted by molar-refractivity contribution is -0.189. The zero-order valence-corrected chi connectivity index (χ0v) is 15.1. The first-order chi connectivity index (χ1) is 12.7. The molecule has 3 aliphatic rings. The van der Waals surface area contributed by atoms with Gasteiger partial charge in [0.25, 0.3) is 5.91 Å². The van der Waals surface area contributed by atoms with E-state index in [1.54, 1.807) is 4.90 Å². The van der Waals surface area contributed by atoms with E-state index in [4.69, 9.17) is 4.74 Å². The number of ether oxygens (including phenoxy) is 1. The smallest absolute Gasteiger partial charge is 0.393 e. The highest BCUT2D eigenvalue weighted by Gasteiger charge is 2.46. The Morgan fingerprint density at radius 2 is 1.85 bits per heavy atom. The average molecular weight is 390 g/mol. The minimum Gasteiger partial charge on any atom is -0.455 e. The van der Waals surface area contributed by atoms with Gasteiger partial charge in [-0.2, -0.15) is 13.2 Å². The number of likely N-dealkylation sites (tertiary alicyclic amines) is 1. The van der Waals surface area contributed by atoms with E-state index in [1.165, 1.54) is 0 Å². The quantitative estimate of drug-likeness (QED) is 0.704. The molecule has 2 saturated carbocycles. The molecule has 3 rings (SSSR count). The molecule has 0 spiro atoms. The molecule has 0 aromatic heterocycles. The second-order valence-electron chi connectivity index (χ2n) is 7.86. The molecule has 0 bridgehead atoms. The Bertz CT molecular complexity index is 592. The molecule has 9 heteroatoms. The van der Waals surface area contributed by atoms with Crippen LogP contribution in [-0.4, -0.2) is 54.6 Å². The molecule has 6 nitrogen and oxygen atoms in total. The maximum Gasteiger partial charge on any atom is 0.393 e. The van der Waals surface area contributed by atoms with Crippen LogP contribution in [0.15, 0.2) is 0 Å². The number of hydrogen-bond donors (Lipinski definition) is 1. The Kier molecular flexibility index (Phi) is 5.95. The topological polar surface area (TPSA) is 75.7 Å². The standard InChI is InChI=1S/C18H25F3N2O4/c19-18(20,21)13-3-1-2-4-14(13)22-15(24)10-27-17(26)12-7-16(25)23(9-12)8-11-5-6-11/h11-14H,1-10H2,(H,22,24). The van der Waals surface area contributed by atoms with Gasteiger partial charge in [0, 0.05) is 25.6 Å². The number of nitrogens with one attached hydrogen (secondary N) is 1. The van der Waals surface area contributed by atoms with Crippen molar-refractivity contribution >= 4 is 17.8 Å². The third-order valence-corrected chi connectivity index (χ3v) is 5.60. The van der Waals surface area contributed by atoms with Crippen molar-refractivity contribution in [3.63, 3.8) is 0 Å². The van der Waals surface area contributed by atoms with Gasteiger partial charge in [0.2, 0.25) is 5.91 Å². The van der Waals surface area contributed by atoms with Crippen molar-refractivity contribution < 1.29 is 32.3 Å². The van der Waals surface area contributed by atoms with E-state index >= 15 is 0 Å². The fourth-order valence-electron chi connectivity index (χ4n) is 3.92. The zero-order valence-electron chi connectivity index (χ0n) is 15.1. The number of amides is 2. The molecule has 3 atom stereocenters. The van der Waals surface area contributed by atoms with Gasteiger partial charge in [-0.05, 0) is 31.6 Å². The summed E-state index contributed by atoms with van der Waals surface area (Å²) < 4.78 is 44.1. The summed E-state index contributed by atoms with van der Waals surface area (Å²) >= 11 is 0. The lowest BCUT2D eigenvalue weighted by Gasteiger charge is -2.33. The maximum absolute atomic E-state index is 13.1. The van der Waals surface area contributed by atoms with Gasteiger partial charge in [-0.15, -0.1) is 0 Å². The summed E-state index contributed by atoms with van der Waals surface area (Å²) in [5.74, 6) is -3.12. The van der Waals surface area contributed by atoms with Crippen molar-refractivity contribution in [1.82, 2.24) is 10.2 Å². The van der Waals surface area contributed by atoms with Gasteiger partial charge in [0.05, 0.1) is 11.8 Å². The maximum atomic E-state index is 13.1. The first kappa shape index (κ1) is 19.9. The van der Waals surface area contributed by atoms with Gasteiger partial charge in [-0.3, -0.25) is 14.4 Å². The van der Waals surface area contributed by atoms with Crippen molar-refractivity contribution in [1.29, 1.82) is 0 Å². The Balaban J connectivity index is 1.43. The van der Waals surface area contributed by atoms with Gasteiger partial charge in [0.1, 0.15) is 0 Å². The Morgan fingerprint density at radius 1 is 1.15 bits per heavy atom. The van der Waals surface area contributed by atoms with E-state index < -0.39 is 42.5 Å². The normalized spacial score (nSPS) is 28.9. The van der Waals surface area contributed by atoms with Crippen LogP contribution < -0.4 is 5.32 Å². The third-order valence-electron chi connectivity index (χ3n) is 5.60. The number of hydrogen-bond acceptors (Lipinski definition) is 4. The molecule has 1 aliphatic heterocycles. The minimum atomic E-state index is -4.36. The van der Waals surface area contributed by atoms with Crippen LogP contribution in [0.4, 0.5) is 13.2 Å². The highest BCUT2D eigenvalue weighted by Crippen LogP contribution is 2.37. The Hall–Kier alpha value is -1.80. The van der Waals surface area contributed by atoms with Crippen LogP contribution in [0.1, 0.15) is 44.9 Å². The number of nitrogens with zero attached hydrogens (tertiary/aromatic N) is 1. The number of rotatable bonds is 6. The van der Waals surface area contributed by atoms with Gasteiger partial charge in [-0.25, -0.2) is 0 Å². The lowest BCUT2D eigenvalue weighted by atomic mass is 9.84. The summed E-state index contributed by atoms with van der Waals surface area (Å²) in [4.78, 5) is 37.6. The summed E-state index contributed by atoms with van der Waals surface area (Å²) in [6.07, 6.45) is -0.738. The molecular formula is C18H25F3N2O4. The number of carbonyl (C=O) groups is 3. The van der Waals surface area contributed by atoms with Crippen LogP contribution in [-0.2, 0) is 19.1 Å². The van der Waals surface area contributed by atoms with E-state index in [0.717, 1.165) is 12.8 Å². The first-order valence-electron chi connectivity index (χ1n) is 9.54. The van der Waals surface area contributed by atoms with Gasteiger partial charge >= 0.3 is 12.1 Å². The fourth-order valence-corrected chi connectivity index (χ4v) is 3.92. The predicted octanol–water partition coefficient (Wildman–Crippen LogP) is 2.03. The lowest BCUT2D eigenvalue weighted by Crippen LogP contribution is -2.48. The highest BCUT2D eigenvalue weighted by molar-refractivity contribution is 5.88. The van der Waals surface area contributed by atoms with Crippen LogP contribution >= 0.6 is 0 Å². The van der Waals surface area contributed by atoms with Crippen molar-refractivity contribution in [3.05, 3.63) is 0 Å². The van der Waals surface area contributed by atoms with Gasteiger partial charge < -0.3 is 15.0 Å². The molecule has 2 aliphatic carbocycles. The Labute approximate surface area is 155 Å². The highest BCUT2D eigenvalue weighted by atomic mass is 19.4. The molecule has 3 fully saturated rings. The molecule has 3 unspecified atom stereocenters. The van der Waals surface area contributed by atoms with Crippen molar-refractivity contribution in [2.24, 2.45) is 17.8 Å². The number of halogens is 3. The van der Waals surface area contributed by atoms with Crippen LogP contribution in [0.2, 0.25) is 0 Å². The largest absolute Gasteiger partial charge is 0.455 e. The summed E-state index contributed by atoms with van der Waals surface area (Å²) in [5.41, 5.74) is 0. The van der Waals surface area contributed by atoms with Gasteiger partial charge in [-0.1, -0.05) is 12.8 Å². The number of alkyl halides is 3. The fraction of sp³-hybridized carbons (Fsp3) is 0.833. The van der Waals surface area contributed by atoms with E-state index in [-0.39, 0.29) is 31.7 Å². The molecule has 1 saturated heterocycles. The van der Waals surface area contributed by atoms with Gasteiger partial charge in [0.15, 0.2) is 6.61 Å². The summed E-state index contributed by atoms with van der Waals surface area (Å²) in [7, 11) is 0. The molecule has 2 amide bonds. The molecule has 1 heterocycles. The van der Waals surface area contributed by atoms with Crippen LogP contribution in [0.3, 0.4) is 0 Å². The molecule has 27 heavy (non-hydrogen) atoms. The SMILES string of the molecule is O=C(COC(=O)C1CC(=O)N(CC2CC2)C1)NC1CCCCC1C(F)(F)F.